The van der Waals surface area contributed by atoms with Gasteiger partial charge in [0.2, 0.25) is 5.88 Å². The molecule has 38 heavy (non-hydrogen) atoms. The van der Waals surface area contributed by atoms with E-state index in [1.54, 1.807) is 30.1 Å². The van der Waals surface area contributed by atoms with Crippen LogP contribution in [-0.2, 0) is 6.61 Å². The van der Waals surface area contributed by atoms with E-state index in [1.165, 1.54) is 0 Å². The molecule has 0 bridgehead atoms. The fourth-order valence-corrected chi connectivity index (χ4v) is 5.14. The van der Waals surface area contributed by atoms with Crippen molar-refractivity contribution in [2.45, 2.75) is 12.5 Å². The van der Waals surface area contributed by atoms with Crippen LogP contribution in [0.2, 0.25) is 5.02 Å². The van der Waals surface area contributed by atoms with E-state index >= 15 is 0 Å². The van der Waals surface area contributed by atoms with Gasteiger partial charge in [-0.05, 0) is 58.8 Å². The van der Waals surface area contributed by atoms with Crippen molar-refractivity contribution in [3.8, 4) is 23.1 Å². The predicted molar refractivity (Wildman–Crippen MR) is 145 cm³/mol. The summed E-state index contributed by atoms with van der Waals surface area (Å²) in [5, 5.41) is 7.54. The average Bonchev–Trinajstić information content (AvgIpc) is 3.39. The van der Waals surface area contributed by atoms with E-state index in [4.69, 9.17) is 30.8 Å². The van der Waals surface area contributed by atoms with Crippen LogP contribution in [0.15, 0.2) is 91.3 Å². The Bertz CT molecular complexity index is 1800. The zero-order valence-electron chi connectivity index (χ0n) is 20.3. The molecule has 0 amide bonds. The largest absolute Gasteiger partial charge is 0.497 e. The summed E-state index contributed by atoms with van der Waals surface area (Å²) in [6, 6.07) is 27.7. The quantitative estimate of drug-likeness (QED) is 0.248. The van der Waals surface area contributed by atoms with E-state index < -0.39 is 0 Å². The first-order valence-corrected chi connectivity index (χ1v) is 12.5. The van der Waals surface area contributed by atoms with Gasteiger partial charge in [0.15, 0.2) is 11.5 Å². The number of halogens is 1. The highest BCUT2D eigenvalue weighted by Crippen LogP contribution is 2.50. The van der Waals surface area contributed by atoms with Gasteiger partial charge in [0, 0.05) is 16.5 Å². The Labute approximate surface area is 223 Å². The van der Waals surface area contributed by atoms with Crippen LogP contribution in [0.1, 0.15) is 28.4 Å². The number of nitrogens with zero attached hydrogens (tertiary/aromatic N) is 4. The van der Waals surface area contributed by atoms with Gasteiger partial charge in [-0.25, -0.2) is 14.5 Å². The average molecular weight is 521 g/mol. The zero-order valence-corrected chi connectivity index (χ0v) is 21.1. The van der Waals surface area contributed by atoms with Crippen LogP contribution in [0.25, 0.3) is 16.4 Å². The molecule has 6 aromatic rings. The fourth-order valence-electron chi connectivity index (χ4n) is 5.02. The number of ether oxygens (including phenoxy) is 3. The number of hydrogen-bond donors (Lipinski definition) is 0. The Morgan fingerprint density at radius 3 is 2.50 bits per heavy atom. The minimum Gasteiger partial charge on any atom is -0.497 e. The van der Waals surface area contributed by atoms with Crippen molar-refractivity contribution < 1.29 is 14.2 Å². The van der Waals surface area contributed by atoms with Crippen LogP contribution in [0, 0.1) is 0 Å². The highest BCUT2D eigenvalue weighted by molar-refractivity contribution is 6.30. The molecule has 186 valence electrons. The van der Waals surface area contributed by atoms with Gasteiger partial charge in [0.05, 0.1) is 12.7 Å². The highest BCUT2D eigenvalue weighted by Gasteiger charge is 2.34. The molecule has 0 aliphatic carbocycles. The zero-order chi connectivity index (χ0) is 25.6. The van der Waals surface area contributed by atoms with Crippen molar-refractivity contribution in [3.05, 3.63) is 119 Å². The number of benzene rings is 4. The van der Waals surface area contributed by atoms with E-state index in [1.807, 2.05) is 42.5 Å². The van der Waals surface area contributed by atoms with E-state index in [-0.39, 0.29) is 12.5 Å². The van der Waals surface area contributed by atoms with E-state index in [0.717, 1.165) is 39.0 Å². The lowest BCUT2D eigenvalue weighted by atomic mass is 9.81. The van der Waals surface area contributed by atoms with Gasteiger partial charge in [-0.15, -0.1) is 5.10 Å². The van der Waals surface area contributed by atoms with Gasteiger partial charge < -0.3 is 14.2 Å². The molecule has 7 nitrogen and oxygen atoms in total. The molecule has 1 aliphatic rings. The van der Waals surface area contributed by atoms with Gasteiger partial charge in [0.25, 0.3) is 0 Å². The monoisotopic (exact) mass is 520 g/mol. The molecule has 1 aliphatic heterocycles. The maximum Gasteiger partial charge on any atom is 0.228 e. The van der Waals surface area contributed by atoms with Crippen molar-refractivity contribution in [2.24, 2.45) is 0 Å². The molecule has 0 N–H and O–H groups in total. The Hall–Kier alpha value is -4.62. The summed E-state index contributed by atoms with van der Waals surface area (Å²) in [6.07, 6.45) is 1.63. The molecule has 3 heterocycles. The minimum atomic E-state index is -0.184. The van der Waals surface area contributed by atoms with Gasteiger partial charge >= 0.3 is 0 Å². The molecule has 0 unspecified atom stereocenters. The maximum absolute atomic E-state index is 6.38. The smallest absolute Gasteiger partial charge is 0.228 e. The lowest BCUT2D eigenvalue weighted by Gasteiger charge is -2.29. The summed E-state index contributed by atoms with van der Waals surface area (Å²) in [4.78, 5) is 9.51. The third-order valence-electron chi connectivity index (χ3n) is 6.78. The van der Waals surface area contributed by atoms with E-state index in [9.17, 15) is 0 Å². The number of fused-ring (bicyclic) bond motifs is 6. The third-order valence-corrected chi connectivity index (χ3v) is 7.03. The Balaban J connectivity index is 1.39. The van der Waals surface area contributed by atoms with Gasteiger partial charge in [-0.1, -0.05) is 54.1 Å². The van der Waals surface area contributed by atoms with Gasteiger partial charge in [0.1, 0.15) is 30.2 Å². The molecule has 0 saturated heterocycles. The molecule has 8 heteroatoms. The Morgan fingerprint density at radius 2 is 1.68 bits per heavy atom. The van der Waals surface area contributed by atoms with E-state index in [0.29, 0.717) is 28.1 Å². The second kappa shape index (κ2) is 9.04. The molecule has 1 atom stereocenters. The lowest BCUT2D eigenvalue weighted by Crippen LogP contribution is -2.15. The molecule has 7 rings (SSSR count). The lowest BCUT2D eigenvalue weighted by molar-refractivity contribution is 0.296. The van der Waals surface area contributed by atoms with E-state index in [2.05, 4.69) is 40.4 Å². The maximum atomic E-state index is 6.38. The first kappa shape index (κ1) is 22.6. The van der Waals surface area contributed by atoms with Crippen molar-refractivity contribution in [1.82, 2.24) is 19.6 Å². The molecule has 4 aromatic carbocycles. The van der Waals surface area contributed by atoms with Crippen LogP contribution < -0.4 is 14.2 Å². The van der Waals surface area contributed by atoms with Crippen LogP contribution >= 0.6 is 11.6 Å². The second-order valence-corrected chi connectivity index (χ2v) is 9.45. The fraction of sp³-hybridized carbons (Fsp3) is 0.100. The van der Waals surface area contributed by atoms with Crippen molar-refractivity contribution in [3.63, 3.8) is 0 Å². The summed E-state index contributed by atoms with van der Waals surface area (Å²) >= 11 is 5.99. The van der Waals surface area contributed by atoms with Crippen molar-refractivity contribution >= 4 is 28.0 Å². The Kier molecular flexibility index (Phi) is 5.37. The summed E-state index contributed by atoms with van der Waals surface area (Å²) in [5.41, 5.74) is 3.67. The molecule has 0 fully saturated rings. The molecule has 2 aromatic heterocycles. The molecule has 0 saturated carbocycles. The summed E-state index contributed by atoms with van der Waals surface area (Å²) in [6.45, 7) is 0.200. The summed E-state index contributed by atoms with van der Waals surface area (Å²) < 4.78 is 19.4. The number of methoxy groups -OCH3 is 1. The topological polar surface area (TPSA) is 70.8 Å². The molecule has 0 radical (unpaired) electrons. The highest BCUT2D eigenvalue weighted by atomic mass is 35.5. The summed E-state index contributed by atoms with van der Waals surface area (Å²) in [7, 11) is 1.67. The minimum absolute atomic E-state index is 0.184. The first-order chi connectivity index (χ1) is 18.7. The van der Waals surface area contributed by atoms with Crippen molar-refractivity contribution in [1.29, 1.82) is 0 Å². The van der Waals surface area contributed by atoms with Gasteiger partial charge in [-0.3, -0.25) is 0 Å². The third kappa shape index (κ3) is 3.79. The molecular weight excluding hydrogens is 500 g/mol. The second-order valence-electron chi connectivity index (χ2n) is 9.01. The normalized spacial score (nSPS) is 14.1. The summed E-state index contributed by atoms with van der Waals surface area (Å²) in [5.74, 6) is 3.12. The first-order valence-electron chi connectivity index (χ1n) is 12.1. The number of hydrogen-bond acceptors (Lipinski definition) is 6. The number of rotatable bonds is 5. The van der Waals surface area contributed by atoms with Gasteiger partial charge in [-0.2, -0.15) is 0 Å². The van der Waals surface area contributed by atoms with Crippen LogP contribution in [0.4, 0.5) is 0 Å². The number of aromatic nitrogens is 4. The van der Waals surface area contributed by atoms with Crippen molar-refractivity contribution in [2.75, 3.05) is 7.11 Å². The molecule has 0 spiro atoms. The Morgan fingerprint density at radius 1 is 0.895 bits per heavy atom. The predicted octanol–water partition coefficient (Wildman–Crippen LogP) is 6.80. The van der Waals surface area contributed by atoms with Crippen LogP contribution in [0.5, 0.6) is 23.1 Å². The standard InChI is InChI=1S/C30H21ClN4O3/c1-36-21-11-6-19(7-12-21)26-27-23-5-3-2-4-18(23)8-15-24(27)38-30-28(26)29-33-25(34-35(29)17-32-30)16-37-22-13-9-20(31)10-14-22/h2-15,17,26H,16H2,1H3/t26-/m0/s1. The van der Waals surface area contributed by atoms with Crippen LogP contribution in [0.3, 0.4) is 0 Å². The SMILES string of the molecule is COc1ccc([C@H]2c3c(ccc4ccccc34)Oc3ncn4nc(COc5ccc(Cl)cc5)nc4c32)cc1. The molecular formula is C30H21ClN4O3. The van der Waals surface area contributed by atoms with Crippen LogP contribution in [-0.4, -0.2) is 26.7 Å².